The van der Waals surface area contributed by atoms with Crippen LogP contribution in [0.4, 0.5) is 0 Å². The van der Waals surface area contributed by atoms with Crippen molar-refractivity contribution >= 4 is 11.3 Å². The van der Waals surface area contributed by atoms with Crippen LogP contribution in [-0.2, 0) is 10.3 Å². The second-order valence-corrected chi connectivity index (χ2v) is 7.77. The second-order valence-electron chi connectivity index (χ2n) is 6.49. The summed E-state index contributed by atoms with van der Waals surface area (Å²) in [5.74, 6) is 0.331. The van der Waals surface area contributed by atoms with E-state index in [0.29, 0.717) is 5.92 Å². The van der Waals surface area contributed by atoms with Gasteiger partial charge in [0.05, 0.1) is 11.2 Å². The number of aryl methyl sites for hydroxylation is 1. The SMILES string of the molecule is Cc1ccc(C(C)(O)C2CCOC3(CCCC3)C2)s1. The van der Waals surface area contributed by atoms with E-state index in [4.69, 9.17) is 4.74 Å². The average Bonchev–Trinajstić information content (AvgIpc) is 3.00. The van der Waals surface area contributed by atoms with Gasteiger partial charge < -0.3 is 9.84 Å². The van der Waals surface area contributed by atoms with Crippen molar-refractivity contribution in [3.05, 3.63) is 21.9 Å². The highest BCUT2D eigenvalue weighted by atomic mass is 32.1. The lowest BCUT2D eigenvalue weighted by atomic mass is 9.75. The number of hydrogen-bond acceptors (Lipinski definition) is 3. The number of ether oxygens (including phenoxy) is 1. The molecule has 1 spiro atoms. The van der Waals surface area contributed by atoms with Gasteiger partial charge in [0, 0.05) is 16.4 Å². The fraction of sp³-hybridized carbons (Fsp3) is 0.750. The summed E-state index contributed by atoms with van der Waals surface area (Å²) in [6, 6.07) is 4.20. The molecule has 1 aliphatic heterocycles. The van der Waals surface area contributed by atoms with E-state index in [2.05, 4.69) is 19.1 Å². The highest BCUT2D eigenvalue weighted by Gasteiger charge is 2.46. The van der Waals surface area contributed by atoms with Gasteiger partial charge in [-0.3, -0.25) is 0 Å². The Labute approximate surface area is 119 Å². The Morgan fingerprint density at radius 3 is 2.74 bits per heavy atom. The first-order valence-corrected chi connectivity index (χ1v) is 8.27. The summed E-state index contributed by atoms with van der Waals surface area (Å²) < 4.78 is 6.09. The number of thiophene rings is 1. The van der Waals surface area contributed by atoms with Crippen molar-refractivity contribution in [3.63, 3.8) is 0 Å². The van der Waals surface area contributed by atoms with Gasteiger partial charge in [-0.1, -0.05) is 12.8 Å². The molecule has 106 valence electrons. The molecule has 3 rings (SSSR count). The lowest BCUT2D eigenvalue weighted by Crippen LogP contribution is -2.44. The largest absolute Gasteiger partial charge is 0.384 e. The monoisotopic (exact) mass is 280 g/mol. The van der Waals surface area contributed by atoms with Gasteiger partial charge in [0.25, 0.3) is 0 Å². The van der Waals surface area contributed by atoms with Crippen LogP contribution in [0.25, 0.3) is 0 Å². The molecule has 2 atom stereocenters. The van der Waals surface area contributed by atoms with E-state index in [0.717, 1.165) is 24.3 Å². The predicted molar refractivity (Wildman–Crippen MR) is 78.5 cm³/mol. The fourth-order valence-corrected chi connectivity index (χ4v) is 4.78. The highest BCUT2D eigenvalue weighted by Crippen LogP contribution is 2.48. The third-order valence-corrected chi connectivity index (χ3v) is 6.27. The maximum Gasteiger partial charge on any atom is 0.0989 e. The first-order chi connectivity index (χ1) is 9.02. The van der Waals surface area contributed by atoms with Crippen LogP contribution in [-0.4, -0.2) is 17.3 Å². The maximum atomic E-state index is 11.0. The minimum atomic E-state index is -0.696. The van der Waals surface area contributed by atoms with E-state index < -0.39 is 5.60 Å². The molecule has 19 heavy (non-hydrogen) atoms. The molecule has 1 saturated heterocycles. The molecule has 0 bridgehead atoms. The number of rotatable bonds is 2. The summed E-state index contributed by atoms with van der Waals surface area (Å²) in [5, 5.41) is 11.0. The molecule has 1 aromatic rings. The third kappa shape index (κ3) is 2.48. The lowest BCUT2D eigenvalue weighted by molar-refractivity contribution is -0.137. The van der Waals surface area contributed by atoms with Gasteiger partial charge in [0.15, 0.2) is 0 Å². The van der Waals surface area contributed by atoms with Gasteiger partial charge in [-0.15, -0.1) is 11.3 Å². The molecular weight excluding hydrogens is 256 g/mol. The molecular formula is C16H24O2S. The molecule has 2 aliphatic rings. The molecule has 2 nitrogen and oxygen atoms in total. The van der Waals surface area contributed by atoms with Gasteiger partial charge in [-0.05, 0) is 57.6 Å². The third-order valence-electron chi connectivity index (χ3n) is 5.04. The van der Waals surface area contributed by atoms with Crippen LogP contribution in [0.3, 0.4) is 0 Å². The van der Waals surface area contributed by atoms with Gasteiger partial charge in [-0.2, -0.15) is 0 Å². The van der Waals surface area contributed by atoms with Crippen molar-refractivity contribution in [2.75, 3.05) is 6.61 Å². The topological polar surface area (TPSA) is 29.5 Å². The maximum absolute atomic E-state index is 11.0. The zero-order valence-electron chi connectivity index (χ0n) is 11.9. The van der Waals surface area contributed by atoms with Crippen LogP contribution < -0.4 is 0 Å². The average molecular weight is 280 g/mol. The Bertz CT molecular complexity index is 443. The summed E-state index contributed by atoms with van der Waals surface area (Å²) in [4.78, 5) is 2.39. The Kier molecular flexibility index (Phi) is 3.48. The van der Waals surface area contributed by atoms with Crippen molar-refractivity contribution in [1.29, 1.82) is 0 Å². The molecule has 0 aromatic carbocycles. The normalized spacial score (nSPS) is 29.5. The first-order valence-electron chi connectivity index (χ1n) is 7.45. The number of hydrogen-bond donors (Lipinski definition) is 1. The molecule has 0 radical (unpaired) electrons. The lowest BCUT2D eigenvalue weighted by Gasteiger charge is -2.43. The summed E-state index contributed by atoms with van der Waals surface area (Å²) >= 11 is 1.73. The molecule has 1 saturated carbocycles. The summed E-state index contributed by atoms with van der Waals surface area (Å²) in [6.07, 6.45) is 6.94. The smallest absolute Gasteiger partial charge is 0.0989 e. The Hall–Kier alpha value is -0.380. The van der Waals surface area contributed by atoms with Gasteiger partial charge in [-0.25, -0.2) is 0 Å². The van der Waals surface area contributed by atoms with Crippen molar-refractivity contribution in [2.45, 2.75) is 63.6 Å². The van der Waals surface area contributed by atoms with Crippen molar-refractivity contribution in [3.8, 4) is 0 Å². The highest BCUT2D eigenvalue weighted by molar-refractivity contribution is 7.12. The van der Waals surface area contributed by atoms with Gasteiger partial charge in [0.2, 0.25) is 0 Å². The summed E-state index contributed by atoms with van der Waals surface area (Å²) in [5.41, 5.74) is -0.614. The van der Waals surface area contributed by atoms with Crippen LogP contribution in [0, 0.1) is 12.8 Å². The van der Waals surface area contributed by atoms with E-state index >= 15 is 0 Å². The van der Waals surface area contributed by atoms with Crippen molar-refractivity contribution in [1.82, 2.24) is 0 Å². The number of aliphatic hydroxyl groups is 1. The standard InChI is InChI=1S/C16H24O2S/c1-12-5-6-14(19-12)15(2,17)13-7-10-18-16(11-13)8-3-4-9-16/h5-6,13,17H,3-4,7-11H2,1-2H3. The first kappa shape index (κ1) is 13.6. The molecule has 1 aliphatic carbocycles. The predicted octanol–water partition coefficient (Wildman–Crippen LogP) is 4.00. The molecule has 1 aromatic heterocycles. The van der Waals surface area contributed by atoms with E-state index in [-0.39, 0.29) is 5.60 Å². The molecule has 3 heteroatoms. The molecule has 2 heterocycles. The summed E-state index contributed by atoms with van der Waals surface area (Å²) in [7, 11) is 0. The molecule has 1 N–H and O–H groups in total. The van der Waals surface area contributed by atoms with Crippen LogP contribution in [0.2, 0.25) is 0 Å². The molecule has 0 amide bonds. The zero-order chi connectivity index (χ0) is 13.5. The van der Waals surface area contributed by atoms with Gasteiger partial charge in [0.1, 0.15) is 0 Å². The fourth-order valence-electron chi connectivity index (χ4n) is 3.78. The van der Waals surface area contributed by atoms with Gasteiger partial charge >= 0.3 is 0 Å². The second kappa shape index (κ2) is 4.87. The zero-order valence-corrected chi connectivity index (χ0v) is 12.8. The van der Waals surface area contributed by atoms with E-state index in [1.807, 2.05) is 6.92 Å². The van der Waals surface area contributed by atoms with Crippen LogP contribution in [0.1, 0.15) is 55.2 Å². The van der Waals surface area contributed by atoms with Crippen molar-refractivity contribution in [2.24, 2.45) is 5.92 Å². The molecule has 2 unspecified atom stereocenters. The Balaban J connectivity index is 1.80. The minimum Gasteiger partial charge on any atom is -0.384 e. The van der Waals surface area contributed by atoms with E-state index in [1.165, 1.54) is 30.6 Å². The van der Waals surface area contributed by atoms with Crippen molar-refractivity contribution < 1.29 is 9.84 Å². The Morgan fingerprint density at radius 1 is 1.37 bits per heavy atom. The minimum absolute atomic E-state index is 0.0826. The molecule has 2 fully saturated rings. The van der Waals surface area contributed by atoms with Crippen LogP contribution in [0.5, 0.6) is 0 Å². The van der Waals surface area contributed by atoms with Crippen LogP contribution >= 0.6 is 11.3 Å². The quantitative estimate of drug-likeness (QED) is 0.887. The summed E-state index contributed by atoms with van der Waals surface area (Å²) in [6.45, 7) is 4.91. The Morgan fingerprint density at radius 2 is 2.11 bits per heavy atom. The van der Waals surface area contributed by atoms with E-state index in [1.54, 1.807) is 11.3 Å². The van der Waals surface area contributed by atoms with E-state index in [9.17, 15) is 5.11 Å². The van der Waals surface area contributed by atoms with Crippen LogP contribution in [0.15, 0.2) is 12.1 Å².